The number of amides is 1. The standard InChI is InChI=1S/C13H14N4O3S/c1-9-2-4-10(5-3-9)21(19,20)17-13-11(8-12(14)18)15-6-7-16-13/h2-7H,8H2,1H3,(H2,14,18)(H,16,17). The summed E-state index contributed by atoms with van der Waals surface area (Å²) >= 11 is 0. The van der Waals surface area contributed by atoms with Gasteiger partial charge in [0.1, 0.15) is 0 Å². The molecule has 2 rings (SSSR count). The summed E-state index contributed by atoms with van der Waals surface area (Å²) in [5, 5.41) is 0. The first-order valence-electron chi connectivity index (χ1n) is 6.06. The van der Waals surface area contributed by atoms with E-state index in [9.17, 15) is 13.2 Å². The summed E-state index contributed by atoms with van der Waals surface area (Å²) < 4.78 is 26.8. The second-order valence-electron chi connectivity index (χ2n) is 4.41. The quantitative estimate of drug-likeness (QED) is 0.840. The monoisotopic (exact) mass is 306 g/mol. The van der Waals surface area contributed by atoms with Gasteiger partial charge in [-0.1, -0.05) is 17.7 Å². The van der Waals surface area contributed by atoms with Crippen LogP contribution in [0.15, 0.2) is 41.6 Å². The fourth-order valence-electron chi connectivity index (χ4n) is 1.65. The van der Waals surface area contributed by atoms with Crippen LogP contribution in [0.25, 0.3) is 0 Å². The number of nitrogens with one attached hydrogen (secondary N) is 1. The van der Waals surface area contributed by atoms with Gasteiger partial charge in [-0.2, -0.15) is 0 Å². The molecule has 1 heterocycles. The van der Waals surface area contributed by atoms with Crippen molar-refractivity contribution in [3.8, 4) is 0 Å². The molecule has 0 unspecified atom stereocenters. The van der Waals surface area contributed by atoms with Gasteiger partial charge >= 0.3 is 0 Å². The molecule has 1 amide bonds. The molecule has 110 valence electrons. The third-order valence-electron chi connectivity index (χ3n) is 2.68. The molecule has 0 radical (unpaired) electrons. The lowest BCUT2D eigenvalue weighted by molar-refractivity contribution is -0.117. The number of rotatable bonds is 5. The molecule has 8 heteroatoms. The van der Waals surface area contributed by atoms with Gasteiger partial charge in [0.25, 0.3) is 10.0 Å². The number of anilines is 1. The van der Waals surface area contributed by atoms with Crippen molar-refractivity contribution in [2.45, 2.75) is 18.2 Å². The van der Waals surface area contributed by atoms with Gasteiger partial charge in [0, 0.05) is 12.4 Å². The van der Waals surface area contributed by atoms with Crippen molar-refractivity contribution in [3.63, 3.8) is 0 Å². The number of aromatic nitrogens is 2. The average molecular weight is 306 g/mol. The van der Waals surface area contributed by atoms with Crippen molar-refractivity contribution in [2.75, 3.05) is 4.72 Å². The molecule has 0 saturated heterocycles. The zero-order valence-electron chi connectivity index (χ0n) is 11.3. The minimum absolute atomic E-state index is 0.00289. The molecule has 1 aromatic heterocycles. The first-order chi connectivity index (χ1) is 9.88. The van der Waals surface area contributed by atoms with Crippen LogP contribution in [-0.2, 0) is 21.2 Å². The number of primary amides is 1. The summed E-state index contributed by atoms with van der Waals surface area (Å²) in [4.78, 5) is 18.9. The molecule has 0 aliphatic carbocycles. The number of nitrogens with zero attached hydrogens (tertiary/aromatic N) is 2. The third-order valence-corrected chi connectivity index (χ3v) is 4.03. The van der Waals surface area contributed by atoms with Gasteiger partial charge in [0.15, 0.2) is 5.82 Å². The normalized spacial score (nSPS) is 11.1. The minimum atomic E-state index is -3.79. The topological polar surface area (TPSA) is 115 Å². The van der Waals surface area contributed by atoms with Crippen molar-refractivity contribution in [3.05, 3.63) is 47.9 Å². The van der Waals surface area contributed by atoms with E-state index in [0.717, 1.165) is 5.56 Å². The summed E-state index contributed by atoms with van der Waals surface area (Å²) in [7, 11) is -3.79. The first-order valence-corrected chi connectivity index (χ1v) is 7.54. The first kappa shape index (κ1) is 14.9. The lowest BCUT2D eigenvalue weighted by Crippen LogP contribution is -2.19. The van der Waals surface area contributed by atoms with Crippen LogP contribution >= 0.6 is 0 Å². The smallest absolute Gasteiger partial charge is 0.263 e. The van der Waals surface area contributed by atoms with E-state index in [1.807, 2.05) is 6.92 Å². The highest BCUT2D eigenvalue weighted by atomic mass is 32.2. The highest BCUT2D eigenvalue weighted by Gasteiger charge is 2.18. The van der Waals surface area contributed by atoms with E-state index in [4.69, 9.17) is 5.73 Å². The van der Waals surface area contributed by atoms with Crippen molar-refractivity contribution in [1.29, 1.82) is 0 Å². The Morgan fingerprint density at radius 3 is 2.43 bits per heavy atom. The number of sulfonamides is 1. The number of aryl methyl sites for hydroxylation is 1. The zero-order valence-corrected chi connectivity index (χ0v) is 12.1. The molecular weight excluding hydrogens is 292 g/mol. The van der Waals surface area contributed by atoms with E-state index in [0.29, 0.717) is 0 Å². The summed E-state index contributed by atoms with van der Waals surface area (Å²) in [6, 6.07) is 6.36. The van der Waals surface area contributed by atoms with Crippen molar-refractivity contribution in [1.82, 2.24) is 9.97 Å². The SMILES string of the molecule is Cc1ccc(S(=O)(=O)Nc2nccnc2CC(N)=O)cc1. The predicted octanol–water partition coefficient (Wildman–Crippen LogP) is 0.614. The lowest BCUT2D eigenvalue weighted by atomic mass is 10.2. The van der Waals surface area contributed by atoms with Gasteiger partial charge in [-0.25, -0.2) is 13.4 Å². The van der Waals surface area contributed by atoms with Crippen LogP contribution in [0.3, 0.4) is 0 Å². The number of hydrogen-bond donors (Lipinski definition) is 2. The Kier molecular flexibility index (Phi) is 4.18. The maximum absolute atomic E-state index is 12.3. The fraction of sp³-hybridized carbons (Fsp3) is 0.154. The van der Waals surface area contributed by atoms with E-state index in [2.05, 4.69) is 14.7 Å². The highest BCUT2D eigenvalue weighted by molar-refractivity contribution is 7.92. The number of carbonyl (C=O) groups is 1. The number of hydrogen-bond acceptors (Lipinski definition) is 5. The molecule has 0 bridgehead atoms. The average Bonchev–Trinajstić information content (AvgIpc) is 2.40. The Hall–Kier alpha value is -2.48. The summed E-state index contributed by atoms with van der Waals surface area (Å²) in [5.74, 6) is -0.622. The predicted molar refractivity (Wildman–Crippen MR) is 76.9 cm³/mol. The van der Waals surface area contributed by atoms with E-state index in [1.165, 1.54) is 24.5 Å². The second-order valence-corrected chi connectivity index (χ2v) is 6.10. The molecule has 0 aliphatic rings. The van der Waals surface area contributed by atoms with E-state index in [1.54, 1.807) is 12.1 Å². The summed E-state index contributed by atoms with van der Waals surface area (Å²) in [6.07, 6.45) is 2.50. The number of nitrogens with two attached hydrogens (primary N) is 1. The van der Waals surface area contributed by atoms with E-state index >= 15 is 0 Å². The molecule has 7 nitrogen and oxygen atoms in total. The molecule has 0 spiro atoms. The maximum Gasteiger partial charge on any atom is 0.263 e. The molecule has 1 aromatic carbocycles. The van der Waals surface area contributed by atoms with Gasteiger partial charge in [-0.3, -0.25) is 14.5 Å². The Balaban J connectivity index is 2.33. The Morgan fingerprint density at radius 2 is 1.81 bits per heavy atom. The largest absolute Gasteiger partial charge is 0.369 e. The fourth-order valence-corrected chi connectivity index (χ4v) is 2.69. The Labute approximate surface area is 122 Å². The Morgan fingerprint density at radius 1 is 1.19 bits per heavy atom. The van der Waals surface area contributed by atoms with Crippen LogP contribution in [0.5, 0.6) is 0 Å². The lowest BCUT2D eigenvalue weighted by Gasteiger charge is -2.10. The second kappa shape index (κ2) is 5.88. The molecule has 0 saturated carbocycles. The summed E-state index contributed by atoms with van der Waals surface area (Å²) in [6.45, 7) is 1.86. The zero-order chi connectivity index (χ0) is 15.5. The van der Waals surface area contributed by atoms with Crippen LogP contribution in [0.2, 0.25) is 0 Å². The Bertz CT molecular complexity index is 757. The van der Waals surface area contributed by atoms with Gasteiger partial charge in [-0.05, 0) is 19.1 Å². The minimum Gasteiger partial charge on any atom is -0.369 e. The van der Waals surface area contributed by atoms with E-state index < -0.39 is 15.9 Å². The number of benzene rings is 1. The van der Waals surface area contributed by atoms with Crippen LogP contribution in [0.4, 0.5) is 5.82 Å². The van der Waals surface area contributed by atoms with Crippen molar-refractivity contribution in [2.24, 2.45) is 5.73 Å². The number of carbonyl (C=O) groups excluding carboxylic acids is 1. The van der Waals surface area contributed by atoms with Crippen LogP contribution in [-0.4, -0.2) is 24.3 Å². The molecule has 0 atom stereocenters. The van der Waals surface area contributed by atoms with Crippen molar-refractivity contribution < 1.29 is 13.2 Å². The molecule has 0 fully saturated rings. The highest BCUT2D eigenvalue weighted by Crippen LogP contribution is 2.17. The maximum atomic E-state index is 12.3. The molecule has 2 aromatic rings. The van der Waals surface area contributed by atoms with E-state index in [-0.39, 0.29) is 22.8 Å². The van der Waals surface area contributed by atoms with Crippen molar-refractivity contribution >= 4 is 21.7 Å². The molecule has 21 heavy (non-hydrogen) atoms. The molecule has 3 N–H and O–H groups in total. The van der Waals surface area contributed by atoms with Crippen LogP contribution in [0.1, 0.15) is 11.3 Å². The van der Waals surface area contributed by atoms with Crippen LogP contribution in [0, 0.1) is 6.92 Å². The third kappa shape index (κ3) is 3.76. The summed E-state index contributed by atoms with van der Waals surface area (Å²) in [5.41, 5.74) is 6.23. The van der Waals surface area contributed by atoms with Gasteiger partial charge in [-0.15, -0.1) is 0 Å². The molecular formula is C13H14N4O3S. The van der Waals surface area contributed by atoms with Gasteiger partial charge in [0.2, 0.25) is 5.91 Å². The van der Waals surface area contributed by atoms with Crippen LogP contribution < -0.4 is 10.5 Å². The molecule has 0 aliphatic heterocycles. The van der Waals surface area contributed by atoms with Gasteiger partial charge in [0.05, 0.1) is 17.0 Å². The van der Waals surface area contributed by atoms with Gasteiger partial charge < -0.3 is 5.73 Å².